The topological polar surface area (TPSA) is 82.1 Å². The molecule has 0 aromatic heterocycles. The lowest BCUT2D eigenvalue weighted by atomic mass is 10.0. The van der Waals surface area contributed by atoms with E-state index in [1.54, 1.807) is 20.8 Å². The summed E-state index contributed by atoms with van der Waals surface area (Å²) in [5.74, 6) is -0.217. The van der Waals surface area contributed by atoms with Crippen molar-refractivity contribution >= 4 is 12.0 Å². The molecule has 0 spiro atoms. The van der Waals surface area contributed by atoms with Gasteiger partial charge in [0.05, 0.1) is 12.6 Å². The molecule has 1 aliphatic rings. The predicted molar refractivity (Wildman–Crippen MR) is 92.8 cm³/mol. The van der Waals surface area contributed by atoms with Crippen molar-refractivity contribution in [3.63, 3.8) is 0 Å². The Bertz CT molecular complexity index is 419. The van der Waals surface area contributed by atoms with Gasteiger partial charge in [0.2, 0.25) is 5.91 Å². The molecule has 24 heavy (non-hydrogen) atoms. The minimum Gasteiger partial charge on any atom is -0.444 e. The first-order valence-electron chi connectivity index (χ1n) is 8.85. The lowest BCUT2D eigenvalue weighted by Gasteiger charge is -2.40. The van der Waals surface area contributed by atoms with Gasteiger partial charge in [-0.1, -0.05) is 13.8 Å². The number of nitrogens with one attached hydrogen (secondary N) is 1. The molecule has 1 rings (SSSR count). The van der Waals surface area contributed by atoms with E-state index < -0.39 is 17.7 Å². The van der Waals surface area contributed by atoms with Gasteiger partial charge in [0.1, 0.15) is 11.6 Å². The first kappa shape index (κ1) is 20.7. The van der Waals surface area contributed by atoms with Crippen LogP contribution in [0.25, 0.3) is 0 Å². The molecule has 2 amide bonds. The second kappa shape index (κ2) is 9.22. The molecule has 1 fully saturated rings. The van der Waals surface area contributed by atoms with E-state index >= 15 is 0 Å². The highest BCUT2D eigenvalue weighted by Crippen LogP contribution is 2.21. The van der Waals surface area contributed by atoms with Gasteiger partial charge in [0.15, 0.2) is 0 Å². The number of ether oxygens (including phenoxy) is 1. The van der Waals surface area contributed by atoms with E-state index in [0.29, 0.717) is 19.4 Å². The SMILES string of the molecule is CCN(CC)CC[C@@H](CO)NC(=O)[C@H]1CCN1C(=O)OC(C)(C)C. The first-order valence-corrected chi connectivity index (χ1v) is 8.85. The fraction of sp³-hybridized carbons (Fsp3) is 0.882. The van der Waals surface area contributed by atoms with Crippen molar-refractivity contribution in [2.24, 2.45) is 0 Å². The van der Waals surface area contributed by atoms with Gasteiger partial charge in [0, 0.05) is 13.1 Å². The minimum atomic E-state index is -0.578. The normalized spacial score (nSPS) is 19.0. The molecule has 1 heterocycles. The Morgan fingerprint density at radius 3 is 2.38 bits per heavy atom. The lowest BCUT2D eigenvalue weighted by molar-refractivity contribution is -0.131. The van der Waals surface area contributed by atoms with E-state index in [9.17, 15) is 14.7 Å². The molecule has 140 valence electrons. The van der Waals surface area contributed by atoms with Gasteiger partial charge >= 0.3 is 6.09 Å². The third kappa shape index (κ3) is 6.28. The van der Waals surface area contributed by atoms with E-state index in [-0.39, 0.29) is 18.6 Å². The van der Waals surface area contributed by atoms with Crippen molar-refractivity contribution in [1.82, 2.24) is 15.1 Å². The zero-order chi connectivity index (χ0) is 18.3. The Hall–Kier alpha value is -1.34. The summed E-state index contributed by atoms with van der Waals surface area (Å²) in [6, 6.07) is -0.790. The van der Waals surface area contributed by atoms with Crippen LogP contribution in [0.1, 0.15) is 47.5 Å². The van der Waals surface area contributed by atoms with Crippen molar-refractivity contribution in [1.29, 1.82) is 0 Å². The Kier molecular flexibility index (Phi) is 7.96. The first-order chi connectivity index (χ1) is 11.2. The largest absolute Gasteiger partial charge is 0.444 e. The number of likely N-dealkylation sites (tertiary alicyclic amines) is 1. The van der Waals surface area contributed by atoms with Gasteiger partial charge in [-0.2, -0.15) is 0 Å². The van der Waals surface area contributed by atoms with Gasteiger partial charge in [-0.15, -0.1) is 0 Å². The van der Waals surface area contributed by atoms with Gasteiger partial charge in [-0.3, -0.25) is 9.69 Å². The predicted octanol–water partition coefficient (Wildman–Crippen LogP) is 1.20. The molecule has 0 bridgehead atoms. The average molecular weight is 343 g/mol. The molecule has 0 aliphatic carbocycles. The van der Waals surface area contributed by atoms with Gasteiger partial charge in [-0.25, -0.2) is 4.79 Å². The number of rotatable bonds is 8. The van der Waals surface area contributed by atoms with E-state index in [1.807, 2.05) is 0 Å². The van der Waals surface area contributed by atoms with Crippen molar-refractivity contribution in [3.8, 4) is 0 Å². The highest BCUT2D eigenvalue weighted by molar-refractivity contribution is 5.87. The molecule has 0 unspecified atom stereocenters. The summed E-state index contributed by atoms with van der Waals surface area (Å²) in [6.45, 7) is 12.7. The van der Waals surface area contributed by atoms with Crippen molar-refractivity contribution in [2.45, 2.75) is 65.1 Å². The molecule has 0 radical (unpaired) electrons. The van der Waals surface area contributed by atoms with Crippen LogP contribution in [-0.2, 0) is 9.53 Å². The number of amides is 2. The molecule has 1 aliphatic heterocycles. The molecular weight excluding hydrogens is 310 g/mol. The maximum atomic E-state index is 12.4. The lowest BCUT2D eigenvalue weighted by Crippen LogP contribution is -2.60. The third-order valence-electron chi connectivity index (χ3n) is 4.21. The molecule has 0 aromatic rings. The third-order valence-corrected chi connectivity index (χ3v) is 4.21. The van der Waals surface area contributed by atoms with E-state index in [0.717, 1.165) is 19.6 Å². The Balaban J connectivity index is 2.49. The van der Waals surface area contributed by atoms with E-state index in [1.165, 1.54) is 4.90 Å². The fourth-order valence-corrected chi connectivity index (χ4v) is 2.58. The maximum absolute atomic E-state index is 12.4. The van der Waals surface area contributed by atoms with E-state index in [4.69, 9.17) is 4.74 Å². The summed E-state index contributed by atoms with van der Waals surface area (Å²) in [5, 5.41) is 12.3. The van der Waals surface area contributed by atoms with Crippen LogP contribution in [0.15, 0.2) is 0 Å². The molecule has 2 atom stereocenters. The van der Waals surface area contributed by atoms with Crippen molar-refractivity contribution < 1.29 is 19.4 Å². The van der Waals surface area contributed by atoms with Gasteiger partial charge in [-0.05, 0) is 46.7 Å². The van der Waals surface area contributed by atoms with Crippen molar-refractivity contribution in [3.05, 3.63) is 0 Å². The number of aliphatic hydroxyl groups excluding tert-OH is 1. The Morgan fingerprint density at radius 1 is 1.33 bits per heavy atom. The molecule has 0 aromatic carbocycles. The highest BCUT2D eigenvalue weighted by atomic mass is 16.6. The summed E-state index contributed by atoms with van der Waals surface area (Å²) >= 11 is 0. The van der Waals surface area contributed by atoms with Crippen LogP contribution in [0.2, 0.25) is 0 Å². The van der Waals surface area contributed by atoms with Crippen LogP contribution in [-0.4, -0.2) is 77.4 Å². The monoisotopic (exact) mass is 343 g/mol. The number of carbonyl (C=O) groups excluding carboxylic acids is 2. The summed E-state index contributed by atoms with van der Waals surface area (Å²) in [4.78, 5) is 28.1. The number of aliphatic hydroxyl groups is 1. The molecule has 7 heteroatoms. The molecule has 1 saturated heterocycles. The minimum absolute atomic E-state index is 0.105. The molecule has 2 N–H and O–H groups in total. The number of hydrogen-bond donors (Lipinski definition) is 2. The standard InChI is InChI=1S/C17H33N3O4/c1-6-19(7-2)10-8-13(12-21)18-15(22)14-9-11-20(14)16(23)24-17(3,4)5/h13-14,21H,6-12H2,1-5H3,(H,18,22)/t13-,14+/m0/s1. The van der Waals surface area contributed by atoms with Crippen LogP contribution in [0.4, 0.5) is 4.79 Å². The molecule has 0 saturated carbocycles. The van der Waals surface area contributed by atoms with E-state index in [2.05, 4.69) is 24.1 Å². The van der Waals surface area contributed by atoms with Crippen LogP contribution < -0.4 is 5.32 Å². The van der Waals surface area contributed by atoms with Crippen LogP contribution in [0.3, 0.4) is 0 Å². The van der Waals surface area contributed by atoms with Gasteiger partial charge < -0.3 is 20.1 Å². The van der Waals surface area contributed by atoms with Crippen LogP contribution in [0, 0.1) is 0 Å². The average Bonchev–Trinajstić information content (AvgIpc) is 2.43. The second-order valence-electron chi connectivity index (χ2n) is 7.18. The summed E-state index contributed by atoms with van der Waals surface area (Å²) in [7, 11) is 0. The maximum Gasteiger partial charge on any atom is 0.410 e. The smallest absolute Gasteiger partial charge is 0.410 e. The van der Waals surface area contributed by atoms with Crippen LogP contribution in [0.5, 0.6) is 0 Å². The number of carbonyl (C=O) groups is 2. The number of nitrogens with zero attached hydrogens (tertiary/aromatic N) is 2. The van der Waals surface area contributed by atoms with Crippen molar-refractivity contribution in [2.75, 3.05) is 32.8 Å². The molecular formula is C17H33N3O4. The zero-order valence-corrected chi connectivity index (χ0v) is 15.7. The highest BCUT2D eigenvalue weighted by Gasteiger charge is 2.40. The second-order valence-corrected chi connectivity index (χ2v) is 7.18. The Labute approximate surface area is 145 Å². The fourth-order valence-electron chi connectivity index (χ4n) is 2.58. The van der Waals surface area contributed by atoms with Crippen LogP contribution >= 0.6 is 0 Å². The summed E-state index contributed by atoms with van der Waals surface area (Å²) in [5.41, 5.74) is -0.578. The Morgan fingerprint density at radius 2 is 1.96 bits per heavy atom. The zero-order valence-electron chi connectivity index (χ0n) is 15.7. The molecule has 7 nitrogen and oxygen atoms in total. The quantitative estimate of drug-likeness (QED) is 0.692. The van der Waals surface area contributed by atoms with Gasteiger partial charge in [0.25, 0.3) is 0 Å². The summed E-state index contributed by atoms with van der Waals surface area (Å²) in [6.07, 6.45) is 0.847. The number of hydrogen-bond acceptors (Lipinski definition) is 5. The summed E-state index contributed by atoms with van der Waals surface area (Å²) < 4.78 is 5.31.